The van der Waals surface area contributed by atoms with Crippen molar-refractivity contribution in [3.63, 3.8) is 0 Å². The summed E-state index contributed by atoms with van der Waals surface area (Å²) in [7, 11) is 0. The Morgan fingerprint density at radius 3 is 2.58 bits per heavy atom. The van der Waals surface area contributed by atoms with E-state index in [2.05, 4.69) is 22.4 Å². The molecule has 0 saturated carbocycles. The number of hydrogen-bond donors (Lipinski definition) is 1. The largest absolute Gasteiger partial charge is 0.478 e. The highest BCUT2D eigenvalue weighted by Gasteiger charge is 2.09. The predicted octanol–water partition coefficient (Wildman–Crippen LogP) is 5.19. The first kappa shape index (κ1) is 20.0. The second-order valence-electron chi connectivity index (χ2n) is 7.05. The lowest BCUT2D eigenvalue weighted by molar-refractivity contribution is 0.300. The van der Waals surface area contributed by atoms with Gasteiger partial charge in [-0.25, -0.2) is 4.98 Å². The number of nitrogens with zero attached hydrogens (tertiary/aromatic N) is 4. The van der Waals surface area contributed by atoms with Crippen molar-refractivity contribution in [3.8, 4) is 23.7 Å². The molecule has 0 aliphatic heterocycles. The van der Waals surface area contributed by atoms with Crippen molar-refractivity contribution in [2.24, 2.45) is 0 Å². The number of para-hydroxylation sites is 1. The van der Waals surface area contributed by atoms with Crippen LogP contribution in [0, 0.1) is 22.7 Å². The minimum absolute atomic E-state index is 0.485. The van der Waals surface area contributed by atoms with Gasteiger partial charge < -0.3 is 14.6 Å². The number of aromatic nitrogens is 2. The van der Waals surface area contributed by atoms with Gasteiger partial charge in [0.1, 0.15) is 11.8 Å². The summed E-state index contributed by atoms with van der Waals surface area (Å²) in [5, 5.41) is 22.5. The third-order valence-corrected chi connectivity index (χ3v) is 4.93. The fourth-order valence-electron chi connectivity index (χ4n) is 3.38. The highest BCUT2D eigenvalue weighted by atomic mass is 16.5. The van der Waals surface area contributed by atoms with Crippen molar-refractivity contribution in [2.75, 3.05) is 11.9 Å². The van der Waals surface area contributed by atoms with Crippen molar-refractivity contribution < 1.29 is 4.74 Å². The summed E-state index contributed by atoms with van der Waals surface area (Å²) in [5.74, 6) is 0.568. The molecule has 0 fully saturated rings. The number of ether oxygens (including phenoxy) is 1. The zero-order valence-electron chi connectivity index (χ0n) is 17.0. The van der Waals surface area contributed by atoms with Gasteiger partial charge >= 0.3 is 0 Å². The third kappa shape index (κ3) is 4.66. The number of fused-ring (bicyclic) bond motifs is 1. The average Bonchev–Trinajstić information content (AvgIpc) is 3.20. The molecule has 2 aromatic carbocycles. The number of pyridine rings is 1. The maximum Gasteiger partial charge on any atom is 0.213 e. The van der Waals surface area contributed by atoms with E-state index in [-0.39, 0.29) is 0 Å². The van der Waals surface area contributed by atoms with Crippen LogP contribution in [-0.4, -0.2) is 16.2 Å². The second-order valence-corrected chi connectivity index (χ2v) is 7.05. The van der Waals surface area contributed by atoms with E-state index >= 15 is 0 Å². The Labute approximate surface area is 181 Å². The Morgan fingerprint density at radius 1 is 1.00 bits per heavy atom. The van der Waals surface area contributed by atoms with Gasteiger partial charge in [0.25, 0.3) is 0 Å². The Bertz CT molecular complexity index is 1240. The molecule has 0 atom stereocenters. The van der Waals surface area contributed by atoms with Crippen LogP contribution < -0.4 is 10.1 Å². The van der Waals surface area contributed by atoms with E-state index in [4.69, 9.17) is 10.00 Å². The lowest BCUT2D eigenvalue weighted by atomic mass is 10.2. The van der Waals surface area contributed by atoms with E-state index in [1.807, 2.05) is 71.3 Å². The summed E-state index contributed by atoms with van der Waals surface area (Å²) in [6.07, 6.45) is 2.97. The van der Waals surface area contributed by atoms with Gasteiger partial charge in [0.05, 0.1) is 18.2 Å². The Balaban J connectivity index is 1.40. The Morgan fingerprint density at radius 2 is 1.84 bits per heavy atom. The molecule has 1 N–H and O–H groups in total. The van der Waals surface area contributed by atoms with Gasteiger partial charge in [0.15, 0.2) is 0 Å². The molecule has 0 saturated heterocycles. The smallest absolute Gasteiger partial charge is 0.213 e. The molecule has 6 nitrogen and oxygen atoms in total. The lowest BCUT2D eigenvalue weighted by Gasteiger charge is -2.10. The minimum atomic E-state index is 0.485. The number of benzene rings is 2. The Hall–Kier alpha value is -4.29. The number of anilines is 1. The molecule has 4 aromatic rings. The quantitative estimate of drug-likeness (QED) is 0.406. The third-order valence-electron chi connectivity index (χ3n) is 4.93. The van der Waals surface area contributed by atoms with Gasteiger partial charge in [-0.2, -0.15) is 10.5 Å². The van der Waals surface area contributed by atoms with Gasteiger partial charge in [-0.3, -0.25) is 0 Å². The highest BCUT2D eigenvalue weighted by molar-refractivity contribution is 5.84. The normalized spacial score (nSPS) is 10.4. The van der Waals surface area contributed by atoms with Crippen LogP contribution in [0.3, 0.4) is 0 Å². The molecule has 0 aliphatic carbocycles. The molecule has 152 valence electrons. The van der Waals surface area contributed by atoms with Crippen molar-refractivity contribution in [3.05, 3.63) is 84.2 Å². The monoisotopic (exact) mass is 407 g/mol. The first-order chi connectivity index (χ1) is 15.3. The summed E-state index contributed by atoms with van der Waals surface area (Å²) >= 11 is 0. The van der Waals surface area contributed by atoms with Crippen molar-refractivity contribution >= 4 is 16.6 Å². The van der Waals surface area contributed by atoms with Crippen LogP contribution in [0.2, 0.25) is 0 Å². The summed E-state index contributed by atoms with van der Waals surface area (Å²) < 4.78 is 7.49. The molecule has 6 heteroatoms. The molecule has 2 heterocycles. The van der Waals surface area contributed by atoms with Gasteiger partial charge in [-0.1, -0.05) is 24.3 Å². The van der Waals surface area contributed by atoms with Crippen LogP contribution in [0.15, 0.2) is 72.9 Å². The van der Waals surface area contributed by atoms with Crippen LogP contribution >= 0.6 is 0 Å². The predicted molar refractivity (Wildman–Crippen MR) is 120 cm³/mol. The number of unbranched alkanes of at least 4 members (excludes halogenated alkanes) is 1. The molecule has 0 unspecified atom stereocenters. The average molecular weight is 407 g/mol. The molecule has 31 heavy (non-hydrogen) atoms. The van der Waals surface area contributed by atoms with Crippen LogP contribution in [0.1, 0.15) is 24.1 Å². The van der Waals surface area contributed by atoms with E-state index < -0.39 is 0 Å². The summed E-state index contributed by atoms with van der Waals surface area (Å²) in [6.45, 7) is 1.13. The minimum Gasteiger partial charge on any atom is -0.478 e. The van der Waals surface area contributed by atoms with Crippen molar-refractivity contribution in [1.82, 2.24) is 9.55 Å². The maximum absolute atomic E-state index is 9.53. The number of rotatable bonds is 8. The van der Waals surface area contributed by atoms with E-state index in [0.29, 0.717) is 37.6 Å². The zero-order chi connectivity index (χ0) is 21.5. The van der Waals surface area contributed by atoms with Crippen LogP contribution in [0.4, 0.5) is 5.69 Å². The van der Waals surface area contributed by atoms with Gasteiger partial charge in [0, 0.05) is 42.0 Å². The van der Waals surface area contributed by atoms with Gasteiger partial charge in [-0.15, -0.1) is 0 Å². The van der Waals surface area contributed by atoms with E-state index in [1.54, 1.807) is 6.20 Å². The fraction of sp³-hybridized carbons (Fsp3) is 0.160. The van der Waals surface area contributed by atoms with Gasteiger partial charge in [0.2, 0.25) is 5.88 Å². The number of nitrogens with one attached hydrogen (secondary N) is 1. The molecule has 2 aromatic heterocycles. The SMILES string of the molecule is N#CCCCOc1ccc(CNc2ccc(-n3c(C#N)cc4ccccc43)cc2)cn1. The van der Waals surface area contributed by atoms with Crippen molar-refractivity contribution in [1.29, 1.82) is 10.5 Å². The summed E-state index contributed by atoms with van der Waals surface area (Å²) in [5.41, 5.74) is 4.60. The topological polar surface area (TPSA) is 86.7 Å². The first-order valence-corrected chi connectivity index (χ1v) is 10.1. The second kappa shape index (κ2) is 9.47. The first-order valence-electron chi connectivity index (χ1n) is 10.1. The number of nitriles is 2. The summed E-state index contributed by atoms with van der Waals surface area (Å²) in [4.78, 5) is 4.31. The maximum atomic E-state index is 9.53. The molecule has 4 rings (SSSR count). The molecule has 0 amide bonds. The van der Waals surface area contributed by atoms with Crippen LogP contribution in [0.25, 0.3) is 16.6 Å². The molecule has 0 spiro atoms. The standard InChI is InChI=1S/C25H21N5O/c26-13-3-4-14-31-25-12-7-19(18-29-25)17-28-21-8-10-22(11-9-21)30-23(16-27)15-20-5-1-2-6-24(20)30/h1-2,5-12,15,18,28H,3-4,14,17H2. The van der Waals surface area contributed by atoms with Crippen molar-refractivity contribution in [2.45, 2.75) is 19.4 Å². The Kier molecular flexibility index (Phi) is 6.11. The van der Waals surface area contributed by atoms with Crippen LogP contribution in [-0.2, 0) is 6.54 Å². The van der Waals surface area contributed by atoms with E-state index in [0.717, 1.165) is 27.8 Å². The molecule has 0 aliphatic rings. The molecular formula is C25H21N5O. The van der Waals surface area contributed by atoms with E-state index in [9.17, 15) is 5.26 Å². The fourth-order valence-corrected chi connectivity index (χ4v) is 3.38. The highest BCUT2D eigenvalue weighted by Crippen LogP contribution is 2.25. The van der Waals surface area contributed by atoms with Crippen LogP contribution in [0.5, 0.6) is 5.88 Å². The van der Waals surface area contributed by atoms with E-state index in [1.165, 1.54) is 0 Å². The molecule has 0 radical (unpaired) electrons. The van der Waals surface area contributed by atoms with Gasteiger partial charge in [-0.05, 0) is 48.4 Å². The lowest BCUT2D eigenvalue weighted by Crippen LogP contribution is -2.02. The molecular weight excluding hydrogens is 386 g/mol. The number of hydrogen-bond acceptors (Lipinski definition) is 5. The molecule has 0 bridgehead atoms. The summed E-state index contributed by atoms with van der Waals surface area (Å²) in [6, 6.07) is 26.1. The zero-order valence-corrected chi connectivity index (χ0v) is 17.0.